The fraction of sp³-hybridized carbons (Fsp3) is 0.364. The van der Waals surface area contributed by atoms with Crippen LogP contribution >= 0.6 is 23.2 Å². The molecule has 0 aliphatic carbocycles. The number of carbonyl (C=O) groups is 1. The molecule has 1 fully saturated rings. The highest BCUT2D eigenvalue weighted by atomic mass is 35.5. The molecule has 0 unspecified atom stereocenters. The summed E-state index contributed by atoms with van der Waals surface area (Å²) in [7, 11) is 0. The Morgan fingerprint density at radius 2 is 1.76 bits per heavy atom. The quantitative estimate of drug-likeness (QED) is 0.853. The average molecular weight is 274 g/mol. The molecule has 2 rings (SSSR count). The molecule has 1 saturated heterocycles. The van der Waals surface area contributed by atoms with Crippen LogP contribution in [0.5, 0.6) is 0 Å². The van der Waals surface area contributed by atoms with Crippen molar-refractivity contribution < 1.29 is 4.79 Å². The lowest BCUT2D eigenvalue weighted by Crippen LogP contribution is -2.50. The Balaban J connectivity index is 2.05. The molecule has 1 heterocycles. The van der Waals surface area contributed by atoms with Gasteiger partial charge >= 0.3 is 6.03 Å². The van der Waals surface area contributed by atoms with Crippen molar-refractivity contribution in [3.63, 3.8) is 0 Å². The van der Waals surface area contributed by atoms with E-state index in [1.165, 1.54) is 0 Å². The highest BCUT2D eigenvalue weighted by molar-refractivity contribution is 6.42. The number of nitrogens with zero attached hydrogens (tertiary/aromatic N) is 2. The zero-order valence-corrected chi connectivity index (χ0v) is 10.7. The van der Waals surface area contributed by atoms with E-state index in [0.29, 0.717) is 23.1 Å². The Kier molecular flexibility index (Phi) is 3.64. The molecule has 0 bridgehead atoms. The van der Waals surface area contributed by atoms with Crippen LogP contribution < -0.4 is 10.6 Å². The first kappa shape index (κ1) is 12.3. The normalized spacial score (nSPS) is 16.1. The zero-order valence-electron chi connectivity index (χ0n) is 9.20. The van der Waals surface area contributed by atoms with Gasteiger partial charge in [-0.15, -0.1) is 0 Å². The van der Waals surface area contributed by atoms with Gasteiger partial charge in [-0.2, -0.15) is 0 Å². The first-order valence-corrected chi connectivity index (χ1v) is 6.08. The van der Waals surface area contributed by atoms with Gasteiger partial charge in [0, 0.05) is 31.9 Å². The number of carbonyl (C=O) groups excluding carboxylic acids is 1. The van der Waals surface area contributed by atoms with Gasteiger partial charge in [0.15, 0.2) is 0 Å². The second-order valence-electron chi connectivity index (χ2n) is 3.91. The fourth-order valence-electron chi connectivity index (χ4n) is 1.87. The van der Waals surface area contributed by atoms with Crippen LogP contribution in [-0.2, 0) is 0 Å². The Bertz CT molecular complexity index is 431. The number of piperazine rings is 1. The van der Waals surface area contributed by atoms with Crippen molar-refractivity contribution in [1.82, 2.24) is 4.90 Å². The Hall–Kier alpha value is -1.13. The molecule has 17 heavy (non-hydrogen) atoms. The minimum absolute atomic E-state index is 0.362. The van der Waals surface area contributed by atoms with E-state index < -0.39 is 0 Å². The van der Waals surface area contributed by atoms with Crippen LogP contribution in [0.1, 0.15) is 0 Å². The maximum Gasteiger partial charge on any atom is 0.314 e. The monoisotopic (exact) mass is 273 g/mol. The topological polar surface area (TPSA) is 49.6 Å². The van der Waals surface area contributed by atoms with E-state index in [-0.39, 0.29) is 6.03 Å². The van der Waals surface area contributed by atoms with Gasteiger partial charge in [0.2, 0.25) is 0 Å². The highest BCUT2D eigenvalue weighted by Crippen LogP contribution is 2.27. The lowest BCUT2D eigenvalue weighted by atomic mass is 10.2. The molecule has 4 nitrogen and oxygen atoms in total. The fourth-order valence-corrected chi connectivity index (χ4v) is 2.16. The SMILES string of the molecule is NC(=O)N1CCN(c2ccc(Cl)c(Cl)c2)CC1. The number of rotatable bonds is 1. The lowest BCUT2D eigenvalue weighted by molar-refractivity contribution is 0.204. The van der Waals surface area contributed by atoms with Gasteiger partial charge in [-0.25, -0.2) is 4.79 Å². The third-order valence-corrected chi connectivity index (χ3v) is 3.60. The van der Waals surface area contributed by atoms with E-state index in [0.717, 1.165) is 18.8 Å². The van der Waals surface area contributed by atoms with E-state index in [4.69, 9.17) is 28.9 Å². The zero-order chi connectivity index (χ0) is 12.4. The number of amides is 2. The summed E-state index contributed by atoms with van der Waals surface area (Å²) in [6.45, 7) is 2.77. The third kappa shape index (κ3) is 2.76. The molecule has 6 heteroatoms. The van der Waals surface area contributed by atoms with Crippen molar-refractivity contribution in [3.05, 3.63) is 28.2 Å². The van der Waals surface area contributed by atoms with E-state index in [9.17, 15) is 4.79 Å². The summed E-state index contributed by atoms with van der Waals surface area (Å²) in [5.41, 5.74) is 6.24. The molecule has 0 aromatic heterocycles. The summed E-state index contributed by atoms with van der Waals surface area (Å²) in [5.74, 6) is 0. The number of primary amides is 1. The molecule has 1 aliphatic rings. The summed E-state index contributed by atoms with van der Waals surface area (Å²) in [5, 5.41) is 1.09. The predicted octanol–water partition coefficient (Wildman–Crippen LogP) is 2.19. The van der Waals surface area contributed by atoms with Gasteiger partial charge in [0.1, 0.15) is 0 Å². The Morgan fingerprint density at radius 1 is 1.12 bits per heavy atom. The van der Waals surface area contributed by atoms with E-state index in [2.05, 4.69) is 4.90 Å². The Labute approximate surface area is 110 Å². The highest BCUT2D eigenvalue weighted by Gasteiger charge is 2.19. The molecule has 2 amide bonds. The summed E-state index contributed by atoms with van der Waals surface area (Å²) in [6, 6.07) is 5.18. The van der Waals surface area contributed by atoms with E-state index in [1.807, 2.05) is 12.1 Å². The lowest BCUT2D eigenvalue weighted by Gasteiger charge is -2.35. The smallest absolute Gasteiger partial charge is 0.314 e. The molecule has 2 N–H and O–H groups in total. The van der Waals surface area contributed by atoms with Gasteiger partial charge in [0.05, 0.1) is 10.0 Å². The van der Waals surface area contributed by atoms with Crippen LogP contribution in [0.15, 0.2) is 18.2 Å². The van der Waals surface area contributed by atoms with Gasteiger partial charge in [-0.05, 0) is 18.2 Å². The molecule has 1 aromatic rings. The molecule has 0 atom stereocenters. The maximum atomic E-state index is 11.0. The number of nitrogens with two attached hydrogens (primary N) is 1. The first-order chi connectivity index (χ1) is 8.08. The molecular weight excluding hydrogens is 261 g/mol. The predicted molar refractivity (Wildman–Crippen MR) is 69.8 cm³/mol. The minimum atomic E-state index is -0.362. The largest absolute Gasteiger partial charge is 0.368 e. The van der Waals surface area contributed by atoms with Gasteiger partial charge in [0.25, 0.3) is 0 Å². The molecule has 0 saturated carbocycles. The number of benzene rings is 1. The van der Waals surface area contributed by atoms with Crippen LogP contribution in [0.25, 0.3) is 0 Å². The number of urea groups is 1. The van der Waals surface area contributed by atoms with Crippen molar-refractivity contribution in [1.29, 1.82) is 0 Å². The van der Waals surface area contributed by atoms with Crippen LogP contribution in [0.3, 0.4) is 0 Å². The number of anilines is 1. The Morgan fingerprint density at radius 3 is 2.29 bits per heavy atom. The summed E-state index contributed by atoms with van der Waals surface area (Å²) >= 11 is 11.8. The number of hydrogen-bond donors (Lipinski definition) is 1. The molecule has 0 radical (unpaired) electrons. The molecule has 1 aromatic carbocycles. The van der Waals surface area contributed by atoms with Crippen molar-refractivity contribution in [3.8, 4) is 0 Å². The average Bonchev–Trinajstić information content (AvgIpc) is 2.33. The second kappa shape index (κ2) is 5.02. The molecule has 1 aliphatic heterocycles. The second-order valence-corrected chi connectivity index (χ2v) is 4.73. The van der Waals surface area contributed by atoms with Gasteiger partial charge in [-0.3, -0.25) is 0 Å². The molecule has 92 valence electrons. The summed E-state index contributed by atoms with van der Waals surface area (Å²) in [6.07, 6.45) is 0. The number of hydrogen-bond acceptors (Lipinski definition) is 2. The van der Waals surface area contributed by atoms with Crippen molar-refractivity contribution in [2.45, 2.75) is 0 Å². The van der Waals surface area contributed by atoms with Gasteiger partial charge in [-0.1, -0.05) is 23.2 Å². The van der Waals surface area contributed by atoms with E-state index >= 15 is 0 Å². The number of halogens is 2. The first-order valence-electron chi connectivity index (χ1n) is 5.32. The van der Waals surface area contributed by atoms with E-state index in [1.54, 1.807) is 11.0 Å². The standard InChI is InChI=1S/C11H13Cl2N3O/c12-9-2-1-8(7-10(9)13)15-3-5-16(6-4-15)11(14)17/h1-2,7H,3-6H2,(H2,14,17). The van der Waals surface area contributed by atoms with Crippen LogP contribution in [0, 0.1) is 0 Å². The van der Waals surface area contributed by atoms with Crippen molar-refractivity contribution >= 4 is 34.9 Å². The van der Waals surface area contributed by atoms with Gasteiger partial charge < -0.3 is 15.5 Å². The third-order valence-electron chi connectivity index (χ3n) is 2.86. The molecule has 0 spiro atoms. The van der Waals surface area contributed by atoms with Crippen LogP contribution in [0.2, 0.25) is 10.0 Å². The molecular formula is C11H13Cl2N3O. The maximum absolute atomic E-state index is 11.0. The summed E-state index contributed by atoms with van der Waals surface area (Å²) < 4.78 is 0. The summed E-state index contributed by atoms with van der Waals surface area (Å²) in [4.78, 5) is 14.8. The minimum Gasteiger partial charge on any atom is -0.368 e. The van der Waals surface area contributed by atoms with Crippen molar-refractivity contribution in [2.24, 2.45) is 5.73 Å². The van der Waals surface area contributed by atoms with Crippen molar-refractivity contribution in [2.75, 3.05) is 31.1 Å². The van der Waals surface area contributed by atoms with Crippen LogP contribution in [-0.4, -0.2) is 37.1 Å². The van der Waals surface area contributed by atoms with Crippen LogP contribution in [0.4, 0.5) is 10.5 Å².